The summed E-state index contributed by atoms with van der Waals surface area (Å²) in [5.74, 6) is -0.120. The highest BCUT2D eigenvalue weighted by Crippen LogP contribution is 2.20. The second kappa shape index (κ2) is 5.91. The first-order chi connectivity index (χ1) is 10.1. The van der Waals surface area contributed by atoms with Crippen LogP contribution in [0.15, 0.2) is 11.6 Å². The summed E-state index contributed by atoms with van der Waals surface area (Å²) in [6, 6.07) is 0. The van der Waals surface area contributed by atoms with Gasteiger partial charge >= 0.3 is 0 Å². The zero-order valence-corrected chi connectivity index (χ0v) is 13.0. The van der Waals surface area contributed by atoms with Crippen LogP contribution in [0.25, 0.3) is 0 Å². The quantitative estimate of drug-likeness (QED) is 0.906. The van der Waals surface area contributed by atoms with Gasteiger partial charge in [-0.25, -0.2) is 4.98 Å². The van der Waals surface area contributed by atoms with E-state index in [1.807, 2.05) is 20.0 Å². The molecule has 0 saturated carbocycles. The van der Waals surface area contributed by atoms with E-state index in [1.165, 1.54) is 22.5 Å². The Kier molecular flexibility index (Phi) is 3.98. The van der Waals surface area contributed by atoms with Crippen molar-refractivity contribution in [2.75, 3.05) is 6.54 Å². The van der Waals surface area contributed by atoms with Gasteiger partial charge in [0, 0.05) is 30.4 Å². The molecule has 0 atom stereocenters. The van der Waals surface area contributed by atoms with Gasteiger partial charge in [0.1, 0.15) is 5.69 Å². The Morgan fingerprint density at radius 3 is 3.10 bits per heavy atom. The number of nitrogens with one attached hydrogen (secondary N) is 2. The van der Waals surface area contributed by atoms with Gasteiger partial charge in [-0.1, -0.05) is 0 Å². The predicted octanol–water partition coefficient (Wildman–Crippen LogP) is 1.73. The summed E-state index contributed by atoms with van der Waals surface area (Å²) in [5.41, 5.74) is 5.20. The van der Waals surface area contributed by atoms with Crippen molar-refractivity contribution >= 4 is 17.2 Å². The average Bonchev–Trinajstić information content (AvgIpc) is 2.92. The third-order valence-electron chi connectivity index (χ3n) is 3.75. The third-order valence-corrected chi connectivity index (χ3v) is 4.52. The Balaban J connectivity index is 1.77. The lowest BCUT2D eigenvalue weighted by Crippen LogP contribution is -2.29. The van der Waals surface area contributed by atoms with E-state index in [9.17, 15) is 4.79 Å². The van der Waals surface area contributed by atoms with Crippen LogP contribution in [-0.2, 0) is 19.5 Å². The first kappa shape index (κ1) is 14.2. The van der Waals surface area contributed by atoms with E-state index >= 15 is 0 Å². The van der Waals surface area contributed by atoms with E-state index in [0.717, 1.165) is 35.8 Å². The lowest BCUT2D eigenvalue weighted by atomic mass is 9.96. The minimum Gasteiger partial charge on any atom is -0.347 e. The van der Waals surface area contributed by atoms with Crippen LogP contribution < -0.4 is 10.6 Å². The first-order valence-corrected chi connectivity index (χ1v) is 7.90. The number of aryl methyl sites for hydroxylation is 2. The van der Waals surface area contributed by atoms with Gasteiger partial charge in [-0.15, -0.1) is 11.3 Å². The number of hydrogen-bond acceptors (Lipinski definition) is 5. The van der Waals surface area contributed by atoms with Crippen molar-refractivity contribution in [3.8, 4) is 0 Å². The van der Waals surface area contributed by atoms with Crippen LogP contribution in [0, 0.1) is 13.8 Å². The van der Waals surface area contributed by atoms with Gasteiger partial charge in [-0.05, 0) is 43.5 Å². The van der Waals surface area contributed by atoms with Crippen LogP contribution in [-0.4, -0.2) is 22.4 Å². The molecule has 21 heavy (non-hydrogen) atoms. The zero-order chi connectivity index (χ0) is 14.8. The van der Waals surface area contributed by atoms with Crippen molar-refractivity contribution in [1.29, 1.82) is 0 Å². The summed E-state index contributed by atoms with van der Waals surface area (Å²) in [6.45, 7) is 6.24. The molecule has 110 valence electrons. The topological polar surface area (TPSA) is 66.9 Å². The lowest BCUT2D eigenvalue weighted by Gasteiger charge is -2.21. The van der Waals surface area contributed by atoms with Gasteiger partial charge in [-0.3, -0.25) is 9.78 Å². The number of fused-ring (bicyclic) bond motifs is 1. The fourth-order valence-electron chi connectivity index (χ4n) is 2.60. The largest absolute Gasteiger partial charge is 0.347 e. The standard InChI is InChI=1S/C15H18N4OS/c1-9-13(12-3-4-16-5-11(12)6-17-9)7-18-15(20)14-8-21-10(2)19-14/h6,8,16H,3-5,7H2,1-2H3,(H,18,20). The van der Waals surface area contributed by atoms with Crippen LogP contribution >= 0.6 is 11.3 Å². The predicted molar refractivity (Wildman–Crippen MR) is 82.4 cm³/mol. The maximum Gasteiger partial charge on any atom is 0.271 e. The van der Waals surface area contributed by atoms with Crippen LogP contribution in [0.5, 0.6) is 0 Å². The smallest absolute Gasteiger partial charge is 0.271 e. The van der Waals surface area contributed by atoms with Crippen molar-refractivity contribution in [1.82, 2.24) is 20.6 Å². The minimum atomic E-state index is -0.120. The normalized spacial score (nSPS) is 13.8. The molecular weight excluding hydrogens is 284 g/mol. The van der Waals surface area contributed by atoms with Crippen molar-refractivity contribution in [3.05, 3.63) is 44.7 Å². The average molecular weight is 302 g/mol. The molecule has 3 rings (SSSR count). The van der Waals surface area contributed by atoms with Gasteiger partial charge in [-0.2, -0.15) is 0 Å². The molecule has 1 aliphatic rings. The number of pyridine rings is 1. The van der Waals surface area contributed by atoms with Crippen LogP contribution in [0.3, 0.4) is 0 Å². The Labute approximate surface area is 127 Å². The maximum absolute atomic E-state index is 12.1. The molecule has 0 saturated heterocycles. The van der Waals surface area contributed by atoms with E-state index < -0.39 is 0 Å². The molecule has 6 heteroatoms. The number of rotatable bonds is 3. The van der Waals surface area contributed by atoms with E-state index in [1.54, 1.807) is 5.38 Å². The summed E-state index contributed by atoms with van der Waals surface area (Å²) in [4.78, 5) is 20.8. The van der Waals surface area contributed by atoms with E-state index in [2.05, 4.69) is 20.6 Å². The molecule has 0 bridgehead atoms. The molecule has 2 aromatic rings. The molecule has 1 aliphatic heterocycles. The molecule has 0 unspecified atom stereocenters. The fraction of sp³-hybridized carbons (Fsp3) is 0.400. The third kappa shape index (κ3) is 2.96. The monoisotopic (exact) mass is 302 g/mol. The van der Waals surface area contributed by atoms with Crippen molar-refractivity contribution in [3.63, 3.8) is 0 Å². The Morgan fingerprint density at radius 1 is 1.48 bits per heavy atom. The Bertz CT molecular complexity index is 680. The lowest BCUT2D eigenvalue weighted by molar-refractivity contribution is 0.0946. The molecule has 0 spiro atoms. The van der Waals surface area contributed by atoms with Crippen molar-refractivity contribution in [2.24, 2.45) is 0 Å². The number of hydrogen-bond donors (Lipinski definition) is 2. The number of aromatic nitrogens is 2. The minimum absolute atomic E-state index is 0.120. The van der Waals surface area contributed by atoms with Crippen molar-refractivity contribution < 1.29 is 4.79 Å². The molecular formula is C15H18N4OS. The fourth-order valence-corrected chi connectivity index (χ4v) is 3.20. The summed E-state index contributed by atoms with van der Waals surface area (Å²) < 4.78 is 0. The van der Waals surface area contributed by atoms with Gasteiger partial charge in [0.25, 0.3) is 5.91 Å². The highest BCUT2D eigenvalue weighted by Gasteiger charge is 2.17. The molecule has 2 N–H and O–H groups in total. The van der Waals surface area contributed by atoms with Gasteiger partial charge in [0.2, 0.25) is 0 Å². The molecule has 1 amide bonds. The van der Waals surface area contributed by atoms with E-state index in [0.29, 0.717) is 12.2 Å². The second-order valence-electron chi connectivity index (χ2n) is 5.19. The zero-order valence-electron chi connectivity index (χ0n) is 12.2. The Hall–Kier alpha value is -1.79. The SMILES string of the molecule is Cc1nc(C(=O)NCc2c(C)ncc3c2CCNC3)cs1. The number of thiazole rings is 1. The summed E-state index contributed by atoms with van der Waals surface area (Å²) in [5, 5.41) is 9.01. The highest BCUT2D eigenvalue weighted by molar-refractivity contribution is 7.09. The maximum atomic E-state index is 12.1. The summed E-state index contributed by atoms with van der Waals surface area (Å²) in [7, 11) is 0. The van der Waals surface area contributed by atoms with E-state index in [-0.39, 0.29) is 5.91 Å². The van der Waals surface area contributed by atoms with Crippen LogP contribution in [0.4, 0.5) is 0 Å². The number of carbonyl (C=O) groups excluding carboxylic acids is 1. The summed E-state index contributed by atoms with van der Waals surface area (Å²) >= 11 is 1.49. The Morgan fingerprint density at radius 2 is 2.33 bits per heavy atom. The molecule has 0 radical (unpaired) electrons. The van der Waals surface area contributed by atoms with Crippen molar-refractivity contribution in [2.45, 2.75) is 33.4 Å². The van der Waals surface area contributed by atoms with Crippen LogP contribution in [0.2, 0.25) is 0 Å². The second-order valence-corrected chi connectivity index (χ2v) is 6.25. The number of nitrogens with zero attached hydrogens (tertiary/aromatic N) is 2. The molecule has 2 aromatic heterocycles. The van der Waals surface area contributed by atoms with Gasteiger partial charge < -0.3 is 10.6 Å². The van der Waals surface area contributed by atoms with Gasteiger partial charge in [0.15, 0.2) is 0 Å². The van der Waals surface area contributed by atoms with Crippen LogP contribution in [0.1, 0.15) is 37.9 Å². The molecule has 0 aliphatic carbocycles. The number of carbonyl (C=O) groups is 1. The summed E-state index contributed by atoms with van der Waals surface area (Å²) in [6.07, 6.45) is 2.92. The van der Waals surface area contributed by atoms with Gasteiger partial charge in [0.05, 0.1) is 5.01 Å². The number of amides is 1. The molecule has 3 heterocycles. The highest BCUT2D eigenvalue weighted by atomic mass is 32.1. The molecule has 0 aromatic carbocycles. The van der Waals surface area contributed by atoms with E-state index in [4.69, 9.17) is 0 Å². The molecule has 0 fully saturated rings. The molecule has 5 nitrogen and oxygen atoms in total. The first-order valence-electron chi connectivity index (χ1n) is 7.02.